The molecule has 0 spiro atoms. The Morgan fingerprint density at radius 2 is 1.46 bits per heavy atom. The van der Waals surface area contributed by atoms with Gasteiger partial charge in [0.15, 0.2) is 0 Å². The van der Waals surface area contributed by atoms with Crippen LogP contribution in [0, 0.1) is 11.8 Å². The molecule has 1 unspecified atom stereocenters. The van der Waals surface area contributed by atoms with E-state index in [4.69, 9.17) is 9.47 Å². The van der Waals surface area contributed by atoms with Crippen molar-refractivity contribution in [3.05, 3.63) is 35.9 Å². The van der Waals surface area contributed by atoms with Crippen LogP contribution in [0.3, 0.4) is 0 Å². The average Bonchev–Trinajstić information content (AvgIpc) is 2.93. The van der Waals surface area contributed by atoms with Gasteiger partial charge in [0.05, 0.1) is 12.5 Å². The Bertz CT molecular complexity index is 685. The first-order valence-corrected chi connectivity index (χ1v) is 15.1. The predicted octanol–water partition coefficient (Wildman–Crippen LogP) is 7.96. The minimum absolute atomic E-state index is 0.0266. The Morgan fingerprint density at radius 1 is 0.865 bits per heavy atom. The molecular formula is C32H55NO4. The number of rotatable bonds is 18. The van der Waals surface area contributed by atoms with Crippen LogP contribution in [0.15, 0.2) is 30.3 Å². The van der Waals surface area contributed by atoms with E-state index in [-0.39, 0.29) is 17.9 Å². The van der Waals surface area contributed by atoms with Crippen molar-refractivity contribution in [3.63, 3.8) is 0 Å². The Kier molecular flexibility index (Phi) is 19.8. The molecule has 5 nitrogen and oxygen atoms in total. The zero-order valence-electron chi connectivity index (χ0n) is 24.3. The number of hydrogen-bond acceptors (Lipinski definition) is 5. The summed E-state index contributed by atoms with van der Waals surface area (Å²) in [7, 11) is 2.10. The van der Waals surface area contributed by atoms with Gasteiger partial charge in [0.2, 0.25) is 0 Å². The molecule has 5 heteroatoms. The molecule has 1 heterocycles. The van der Waals surface area contributed by atoms with E-state index in [1.54, 1.807) is 0 Å². The molecule has 0 N–H and O–H groups in total. The highest BCUT2D eigenvalue weighted by Gasteiger charge is 2.25. The quantitative estimate of drug-likeness (QED) is 0.146. The van der Waals surface area contributed by atoms with Gasteiger partial charge in [-0.2, -0.15) is 0 Å². The molecule has 0 amide bonds. The maximum absolute atomic E-state index is 12.6. The minimum atomic E-state index is -0.150. The molecule has 1 saturated heterocycles. The number of hydrogen-bond donors (Lipinski definition) is 0. The van der Waals surface area contributed by atoms with Crippen LogP contribution in [-0.2, 0) is 25.7 Å². The van der Waals surface area contributed by atoms with Crippen molar-refractivity contribution >= 4 is 11.9 Å². The van der Waals surface area contributed by atoms with E-state index >= 15 is 0 Å². The fraction of sp³-hybridized carbons (Fsp3) is 0.750. The molecule has 0 saturated carbocycles. The summed E-state index contributed by atoms with van der Waals surface area (Å²) in [5.74, 6) is 0.194. The molecular weight excluding hydrogens is 462 g/mol. The van der Waals surface area contributed by atoms with Crippen molar-refractivity contribution in [3.8, 4) is 0 Å². The van der Waals surface area contributed by atoms with Crippen molar-refractivity contribution < 1.29 is 19.1 Å². The third-order valence-electron chi connectivity index (χ3n) is 7.22. The fourth-order valence-electron chi connectivity index (χ4n) is 4.79. The third-order valence-corrected chi connectivity index (χ3v) is 7.22. The van der Waals surface area contributed by atoms with Crippen molar-refractivity contribution in [1.82, 2.24) is 4.90 Å². The smallest absolute Gasteiger partial charge is 0.309 e. The Hall–Kier alpha value is -1.88. The van der Waals surface area contributed by atoms with Crippen molar-refractivity contribution in [2.24, 2.45) is 11.8 Å². The summed E-state index contributed by atoms with van der Waals surface area (Å²) in [6, 6.07) is 9.78. The van der Waals surface area contributed by atoms with Crippen LogP contribution in [0.2, 0.25) is 0 Å². The number of ether oxygens (including phenoxy) is 2. The molecule has 0 aliphatic carbocycles. The maximum Gasteiger partial charge on any atom is 0.309 e. The third kappa shape index (κ3) is 16.5. The Balaban J connectivity index is 0.00000334. The van der Waals surface area contributed by atoms with Gasteiger partial charge in [0, 0.05) is 6.42 Å². The second-order valence-electron chi connectivity index (χ2n) is 10.4. The number of carbonyl (C=O) groups excluding carboxylic acids is 2. The van der Waals surface area contributed by atoms with Crippen molar-refractivity contribution in [2.75, 3.05) is 26.7 Å². The summed E-state index contributed by atoms with van der Waals surface area (Å²) in [5, 5.41) is 0. The normalized spacial score (nSPS) is 14.9. The van der Waals surface area contributed by atoms with Gasteiger partial charge >= 0.3 is 11.9 Å². The van der Waals surface area contributed by atoms with Crippen LogP contribution in [-0.4, -0.2) is 43.6 Å². The lowest BCUT2D eigenvalue weighted by Crippen LogP contribution is -2.34. The van der Waals surface area contributed by atoms with Gasteiger partial charge in [-0.25, -0.2) is 0 Å². The summed E-state index contributed by atoms with van der Waals surface area (Å²) in [5.41, 5.74) is 1.01. The number of likely N-dealkylation sites (tertiary alicyclic amines) is 1. The molecule has 1 aromatic rings. The van der Waals surface area contributed by atoms with Crippen molar-refractivity contribution in [1.29, 1.82) is 0 Å². The molecule has 1 atom stereocenters. The SMILES string of the molecule is CC.CCCCCCCCCCC(CCCC(=O)OCc1ccccc1)COC(=O)C1CCN(C)CC1. The van der Waals surface area contributed by atoms with E-state index in [2.05, 4.69) is 18.9 Å². The van der Waals surface area contributed by atoms with Gasteiger partial charge in [-0.3, -0.25) is 9.59 Å². The lowest BCUT2D eigenvalue weighted by Gasteiger charge is -2.28. The second kappa shape index (κ2) is 22.1. The highest BCUT2D eigenvalue weighted by atomic mass is 16.5. The first-order chi connectivity index (χ1) is 18.1. The lowest BCUT2D eigenvalue weighted by molar-refractivity contribution is -0.152. The van der Waals surface area contributed by atoms with Crippen molar-refractivity contribution in [2.45, 2.75) is 117 Å². The highest BCUT2D eigenvalue weighted by Crippen LogP contribution is 2.22. The van der Waals surface area contributed by atoms with Gasteiger partial charge in [0.1, 0.15) is 6.61 Å². The standard InChI is InChI=1S/C30H49NO4.C2H6/c1-3-4-5-6-7-8-9-11-15-27(25-35-30(33)28-20-22-31(2)23-21-28)18-14-19-29(32)34-24-26-16-12-10-13-17-26;1-2/h10,12-13,16-17,27-28H,3-9,11,14-15,18-25H2,1-2H3;1-2H3. The first-order valence-electron chi connectivity index (χ1n) is 15.1. The predicted molar refractivity (Wildman–Crippen MR) is 153 cm³/mol. The molecule has 37 heavy (non-hydrogen) atoms. The number of benzene rings is 1. The van der Waals surface area contributed by atoms with Crippen LogP contribution in [0.5, 0.6) is 0 Å². The first kappa shape index (κ1) is 33.1. The molecule has 1 aromatic carbocycles. The number of unbranched alkanes of at least 4 members (excludes halogenated alkanes) is 7. The van der Waals surface area contributed by atoms with E-state index in [1.165, 1.54) is 51.4 Å². The number of carbonyl (C=O) groups is 2. The molecule has 2 rings (SSSR count). The molecule has 1 fully saturated rings. The number of piperidine rings is 1. The molecule has 0 radical (unpaired) electrons. The highest BCUT2D eigenvalue weighted by molar-refractivity contribution is 5.72. The monoisotopic (exact) mass is 517 g/mol. The van der Waals surface area contributed by atoms with Gasteiger partial charge in [-0.15, -0.1) is 0 Å². The summed E-state index contributed by atoms with van der Waals surface area (Å²) < 4.78 is 11.2. The number of esters is 2. The van der Waals surface area contributed by atoms with Crippen LogP contribution in [0.1, 0.15) is 116 Å². The van der Waals surface area contributed by atoms with E-state index in [0.29, 0.717) is 25.6 Å². The molecule has 1 aliphatic rings. The van der Waals surface area contributed by atoms with E-state index < -0.39 is 0 Å². The summed E-state index contributed by atoms with van der Waals surface area (Å²) in [4.78, 5) is 27.1. The topological polar surface area (TPSA) is 55.8 Å². The van der Waals surface area contributed by atoms with Crippen LogP contribution in [0.4, 0.5) is 0 Å². The van der Waals surface area contributed by atoms with Crippen LogP contribution >= 0.6 is 0 Å². The fourth-order valence-corrected chi connectivity index (χ4v) is 4.79. The minimum Gasteiger partial charge on any atom is -0.465 e. The molecule has 0 bridgehead atoms. The second-order valence-corrected chi connectivity index (χ2v) is 10.4. The Morgan fingerprint density at radius 3 is 2.11 bits per heavy atom. The van der Waals surface area contributed by atoms with Crippen LogP contribution in [0.25, 0.3) is 0 Å². The summed E-state index contributed by atoms with van der Waals surface area (Å²) >= 11 is 0. The van der Waals surface area contributed by atoms with Gasteiger partial charge in [0.25, 0.3) is 0 Å². The summed E-state index contributed by atoms with van der Waals surface area (Å²) in [6.45, 7) is 9.00. The van der Waals surface area contributed by atoms with Gasteiger partial charge in [-0.05, 0) is 63.7 Å². The van der Waals surface area contributed by atoms with E-state index in [9.17, 15) is 9.59 Å². The zero-order valence-corrected chi connectivity index (χ0v) is 24.3. The van der Waals surface area contributed by atoms with E-state index in [1.807, 2.05) is 44.2 Å². The summed E-state index contributed by atoms with van der Waals surface area (Å²) in [6.07, 6.45) is 15.3. The molecule has 1 aliphatic heterocycles. The average molecular weight is 518 g/mol. The molecule has 0 aromatic heterocycles. The largest absolute Gasteiger partial charge is 0.465 e. The number of nitrogens with zero attached hydrogens (tertiary/aromatic N) is 1. The molecule has 212 valence electrons. The maximum atomic E-state index is 12.6. The lowest BCUT2D eigenvalue weighted by atomic mass is 9.95. The van der Waals surface area contributed by atoms with Gasteiger partial charge < -0.3 is 14.4 Å². The zero-order chi connectivity index (χ0) is 27.1. The van der Waals surface area contributed by atoms with Crippen LogP contribution < -0.4 is 0 Å². The Labute approximate surface area is 227 Å². The van der Waals surface area contributed by atoms with Gasteiger partial charge in [-0.1, -0.05) is 102 Å². The van der Waals surface area contributed by atoms with E-state index in [0.717, 1.165) is 50.8 Å².